The zero-order valence-electron chi connectivity index (χ0n) is 23.0. The molecule has 4 nitrogen and oxygen atoms in total. The first-order valence-corrected chi connectivity index (χ1v) is 13.7. The number of nitrogens with one attached hydrogen (secondary N) is 1. The van der Waals surface area contributed by atoms with E-state index < -0.39 is 23.5 Å². The van der Waals surface area contributed by atoms with E-state index in [1.165, 1.54) is 18.7 Å². The number of halogens is 6. The maximum atomic E-state index is 12.4. The number of nitrogens with zero attached hydrogens (tertiary/aromatic N) is 2. The number of hydrogen-bond acceptors (Lipinski definition) is 4. The third-order valence-electron chi connectivity index (χ3n) is 6.09. The summed E-state index contributed by atoms with van der Waals surface area (Å²) in [5, 5.41) is 2.82. The van der Waals surface area contributed by atoms with Crippen LogP contribution in [-0.4, -0.2) is 29.9 Å². The average molecular weight is 586 g/mol. The van der Waals surface area contributed by atoms with Crippen molar-refractivity contribution in [1.29, 1.82) is 0 Å². The number of alkyl halides is 6. The van der Waals surface area contributed by atoms with Crippen molar-refractivity contribution >= 4 is 28.5 Å². The molecule has 1 heterocycles. The van der Waals surface area contributed by atoms with Crippen molar-refractivity contribution in [1.82, 2.24) is 5.32 Å². The van der Waals surface area contributed by atoms with Gasteiger partial charge in [0.2, 0.25) is 0 Å². The Labute approximate surface area is 235 Å². The molecule has 1 unspecified atom stereocenters. The highest BCUT2D eigenvalue weighted by atomic mass is 32.2. The fourth-order valence-corrected chi connectivity index (χ4v) is 4.72. The second-order valence-corrected chi connectivity index (χ2v) is 9.92. The van der Waals surface area contributed by atoms with Crippen molar-refractivity contribution < 1.29 is 31.1 Å². The van der Waals surface area contributed by atoms with Crippen LogP contribution < -0.4 is 5.32 Å². The molecule has 40 heavy (non-hydrogen) atoms. The van der Waals surface area contributed by atoms with Crippen LogP contribution in [0.5, 0.6) is 0 Å². The number of carbonyl (C=O) groups is 1. The van der Waals surface area contributed by atoms with Gasteiger partial charge >= 0.3 is 12.4 Å². The van der Waals surface area contributed by atoms with Crippen LogP contribution >= 0.6 is 11.8 Å². The van der Waals surface area contributed by atoms with E-state index in [2.05, 4.69) is 30.2 Å². The number of benzene rings is 1. The number of thioether (sulfide) groups is 1. The molecule has 1 saturated heterocycles. The van der Waals surface area contributed by atoms with E-state index in [-0.39, 0.29) is 29.3 Å². The van der Waals surface area contributed by atoms with Crippen LogP contribution in [-0.2, 0) is 18.8 Å². The Morgan fingerprint density at radius 2 is 1.75 bits per heavy atom. The van der Waals surface area contributed by atoms with Gasteiger partial charge in [-0.3, -0.25) is 14.8 Å². The predicted octanol–water partition coefficient (Wildman–Crippen LogP) is 9.10. The van der Waals surface area contributed by atoms with Gasteiger partial charge in [0, 0.05) is 7.05 Å². The number of aliphatic imine (C=N–C) groups is 2. The zero-order chi connectivity index (χ0) is 30.1. The lowest BCUT2D eigenvalue weighted by atomic mass is 9.99. The van der Waals surface area contributed by atoms with Gasteiger partial charge in [0.1, 0.15) is 5.84 Å². The smallest absolute Gasteiger partial charge is 0.300 e. The van der Waals surface area contributed by atoms with Crippen LogP contribution in [0, 0.1) is 0 Å². The molecule has 1 fully saturated rings. The topological polar surface area (TPSA) is 53.8 Å². The molecule has 3 rings (SSSR count). The van der Waals surface area contributed by atoms with Gasteiger partial charge in [-0.25, -0.2) is 0 Å². The third kappa shape index (κ3) is 9.25. The van der Waals surface area contributed by atoms with E-state index in [0.717, 1.165) is 47.1 Å². The van der Waals surface area contributed by atoms with Crippen molar-refractivity contribution in [2.45, 2.75) is 71.8 Å². The number of aryl methyl sites for hydroxylation is 1. The summed E-state index contributed by atoms with van der Waals surface area (Å²) in [6.07, 6.45) is 3.79. The summed E-state index contributed by atoms with van der Waals surface area (Å²) < 4.78 is 74.0. The van der Waals surface area contributed by atoms with Gasteiger partial charge in [-0.2, -0.15) is 26.3 Å². The molecule has 0 aromatic heterocycles. The minimum atomic E-state index is -4.76. The number of hydrogen-bond donors (Lipinski definition) is 1. The minimum absolute atomic E-state index is 0.0347. The lowest BCUT2D eigenvalue weighted by molar-refractivity contribution is -0.143. The van der Waals surface area contributed by atoms with Crippen LogP contribution in [0.2, 0.25) is 0 Å². The van der Waals surface area contributed by atoms with Gasteiger partial charge in [-0.15, -0.1) is 0 Å². The summed E-state index contributed by atoms with van der Waals surface area (Å²) in [4.78, 5) is 21.7. The summed E-state index contributed by atoms with van der Waals surface area (Å²) in [5.74, 6) is 0.705. The Morgan fingerprint density at radius 1 is 1.05 bits per heavy atom. The molecule has 0 bridgehead atoms. The molecule has 1 aliphatic heterocycles. The molecule has 2 aliphatic rings. The first-order chi connectivity index (χ1) is 18.8. The first kappa shape index (κ1) is 33.1. The van der Waals surface area contributed by atoms with Crippen LogP contribution in [0.25, 0.3) is 0 Å². The van der Waals surface area contributed by atoms with Crippen molar-refractivity contribution in [2.24, 2.45) is 9.98 Å². The maximum Gasteiger partial charge on any atom is 0.416 e. The lowest BCUT2D eigenvalue weighted by Gasteiger charge is -2.14. The van der Waals surface area contributed by atoms with Gasteiger partial charge in [-0.05, 0) is 85.0 Å². The summed E-state index contributed by atoms with van der Waals surface area (Å²) in [5.41, 5.74) is 0.467. The molecule has 1 amide bonds. The lowest BCUT2D eigenvalue weighted by Crippen LogP contribution is -2.21. The summed E-state index contributed by atoms with van der Waals surface area (Å²) >= 11 is 1.21. The highest BCUT2D eigenvalue weighted by molar-refractivity contribution is 8.18. The maximum absolute atomic E-state index is 12.4. The Balaban J connectivity index is 0.000000305. The normalized spacial score (nSPS) is 20.6. The van der Waals surface area contributed by atoms with Crippen molar-refractivity contribution in [2.75, 3.05) is 7.05 Å². The van der Waals surface area contributed by atoms with Crippen molar-refractivity contribution in [3.05, 3.63) is 81.3 Å². The molecule has 218 valence electrons. The van der Waals surface area contributed by atoms with Crippen LogP contribution in [0.15, 0.2) is 74.6 Å². The molecule has 1 N–H and O–H groups in total. The molecule has 0 radical (unpaired) electrons. The second kappa shape index (κ2) is 14.5. The minimum Gasteiger partial charge on any atom is -0.300 e. The predicted molar refractivity (Wildman–Crippen MR) is 151 cm³/mol. The molecular weight excluding hydrogens is 552 g/mol. The van der Waals surface area contributed by atoms with E-state index in [1.54, 1.807) is 7.05 Å². The third-order valence-corrected chi connectivity index (χ3v) is 6.90. The van der Waals surface area contributed by atoms with Crippen LogP contribution in [0.4, 0.5) is 31.1 Å². The van der Waals surface area contributed by atoms with Crippen molar-refractivity contribution in [3.63, 3.8) is 0 Å². The Kier molecular flexibility index (Phi) is 12.0. The number of amidine groups is 1. The largest absolute Gasteiger partial charge is 0.416 e. The molecule has 1 aromatic rings. The van der Waals surface area contributed by atoms with E-state index in [0.29, 0.717) is 11.9 Å². The average Bonchev–Trinajstić information content (AvgIpc) is 3.25. The summed E-state index contributed by atoms with van der Waals surface area (Å²) in [6, 6.07) is 1.94. The van der Waals surface area contributed by atoms with Gasteiger partial charge < -0.3 is 5.32 Å². The van der Waals surface area contributed by atoms with Gasteiger partial charge in [0.05, 0.1) is 27.8 Å². The summed E-state index contributed by atoms with van der Waals surface area (Å²) in [7, 11) is 1.79. The quantitative estimate of drug-likeness (QED) is 0.339. The molecule has 1 aliphatic carbocycles. The molecular formula is C29H33F6N3OS. The van der Waals surface area contributed by atoms with Gasteiger partial charge in [-0.1, -0.05) is 45.4 Å². The van der Waals surface area contributed by atoms with E-state index in [9.17, 15) is 31.1 Å². The van der Waals surface area contributed by atoms with Crippen LogP contribution in [0.1, 0.15) is 63.6 Å². The monoisotopic (exact) mass is 585 g/mol. The van der Waals surface area contributed by atoms with E-state index >= 15 is 0 Å². The van der Waals surface area contributed by atoms with E-state index in [4.69, 9.17) is 4.99 Å². The number of allylic oxidation sites excluding steroid dienone is 7. The zero-order valence-corrected chi connectivity index (χ0v) is 23.8. The highest BCUT2D eigenvalue weighted by Gasteiger charge is 2.37. The summed E-state index contributed by atoms with van der Waals surface area (Å²) in [6.45, 7) is 7.75. The molecule has 0 saturated carbocycles. The molecule has 0 spiro atoms. The Bertz CT molecular complexity index is 1250. The van der Waals surface area contributed by atoms with Crippen molar-refractivity contribution in [3.8, 4) is 0 Å². The highest BCUT2D eigenvalue weighted by Crippen LogP contribution is 2.37. The number of rotatable bonds is 6. The van der Waals surface area contributed by atoms with E-state index in [1.807, 2.05) is 31.2 Å². The number of carbonyl (C=O) groups excluding carboxylic acids is 1. The van der Waals surface area contributed by atoms with Gasteiger partial charge in [0.25, 0.3) is 5.24 Å². The molecule has 1 aromatic carbocycles. The Hall–Kier alpha value is -3.08. The first-order valence-electron chi connectivity index (χ1n) is 12.9. The Morgan fingerprint density at radius 3 is 2.27 bits per heavy atom. The standard InChI is InChI=1S/C19H25N3OS.C10H8F6/c1-5-8-15(7-3)21-18-17(24-19(23)22-18)12-13-9-10-16(20-4)14(6-2)11-13;1-2-6-3-4-7(9(11,12)13)5-8(6)10(14,15)16/h6,9-12,15H,5,7-8H2,1-4H3,(H,21,22,23);3-5H,2H2,1H3/b14-6-,17-12-,20-16?;. The SMILES string of the molecule is C/C=C1C=C(/C=C2\SC(=O)NC2=NC(CC)CCC)C=CC/1=NC.CCc1ccc(C(F)(F)F)cc1C(F)(F)F. The number of amides is 1. The fourth-order valence-electron chi connectivity index (χ4n) is 3.98. The second-order valence-electron chi connectivity index (χ2n) is 8.90. The fraction of sp³-hybridized carbons (Fsp3) is 0.414. The van der Waals surface area contributed by atoms with Crippen LogP contribution in [0.3, 0.4) is 0 Å². The molecule has 11 heteroatoms. The van der Waals surface area contributed by atoms with Gasteiger partial charge in [0.15, 0.2) is 0 Å². The molecule has 1 atom stereocenters.